The lowest BCUT2D eigenvalue weighted by Crippen LogP contribution is -2.21. The number of aryl methyl sites for hydroxylation is 2. The molecule has 0 radical (unpaired) electrons. The molecule has 0 aliphatic carbocycles. The normalized spacial score (nSPS) is 22.6. The lowest BCUT2D eigenvalue weighted by molar-refractivity contribution is 0.663. The molecule has 1 aromatic rings. The van der Waals surface area contributed by atoms with Crippen LogP contribution < -0.4 is 0 Å². The molecule has 0 aromatic carbocycles. The molecule has 0 bridgehead atoms. The predicted octanol–water partition coefficient (Wildman–Crippen LogP) is 2.95. The van der Waals surface area contributed by atoms with Gasteiger partial charge in [0.2, 0.25) is 0 Å². The van der Waals surface area contributed by atoms with Gasteiger partial charge in [-0.3, -0.25) is 0 Å². The number of aromatic nitrogens is 1. The van der Waals surface area contributed by atoms with Gasteiger partial charge in [0, 0.05) is 40.4 Å². The second kappa shape index (κ2) is 4.67. The largest absolute Gasteiger partial charge is 0.348 e. The van der Waals surface area contributed by atoms with E-state index in [0.29, 0.717) is 0 Å². The average Bonchev–Trinajstić information content (AvgIpc) is 2.51. The van der Waals surface area contributed by atoms with Gasteiger partial charge in [0.15, 0.2) is 0 Å². The van der Waals surface area contributed by atoms with E-state index in [0.717, 1.165) is 5.25 Å². The summed E-state index contributed by atoms with van der Waals surface area (Å²) in [5, 5.41) is 0.818. The highest BCUT2D eigenvalue weighted by Gasteiger charge is 2.15. The topological polar surface area (TPSA) is 4.93 Å². The van der Waals surface area contributed by atoms with E-state index in [2.05, 4.69) is 54.1 Å². The van der Waals surface area contributed by atoms with Crippen LogP contribution in [0.5, 0.6) is 0 Å². The molecule has 1 saturated heterocycles. The molecule has 0 spiro atoms. The van der Waals surface area contributed by atoms with Gasteiger partial charge in [-0.15, -0.1) is 0 Å². The van der Waals surface area contributed by atoms with Crippen molar-refractivity contribution in [3.8, 4) is 0 Å². The van der Waals surface area contributed by atoms with Crippen LogP contribution in [0.1, 0.15) is 11.4 Å². The third-order valence-electron chi connectivity index (χ3n) is 2.69. The van der Waals surface area contributed by atoms with Crippen molar-refractivity contribution in [1.29, 1.82) is 0 Å². The average molecular weight is 227 g/mol. The summed E-state index contributed by atoms with van der Waals surface area (Å²) in [6, 6.07) is 4.44. The third kappa shape index (κ3) is 2.31. The van der Waals surface area contributed by atoms with Gasteiger partial charge in [-0.1, -0.05) is 0 Å². The monoisotopic (exact) mass is 227 g/mol. The molecule has 3 heteroatoms. The second-order valence-corrected chi connectivity index (χ2v) is 6.35. The van der Waals surface area contributed by atoms with Gasteiger partial charge in [0.1, 0.15) is 0 Å². The Morgan fingerprint density at radius 3 is 2.57 bits per heavy atom. The maximum Gasteiger partial charge on any atom is 0.0351 e. The summed E-state index contributed by atoms with van der Waals surface area (Å²) in [4.78, 5) is 0. The van der Waals surface area contributed by atoms with Crippen LogP contribution in [0.2, 0.25) is 0 Å². The lowest BCUT2D eigenvalue weighted by atomic mass is 10.4. The zero-order valence-corrected chi connectivity index (χ0v) is 10.5. The highest BCUT2D eigenvalue weighted by atomic mass is 32.2. The quantitative estimate of drug-likeness (QED) is 0.765. The summed E-state index contributed by atoms with van der Waals surface area (Å²) in [6.07, 6.45) is 0. The molecular formula is C11H17NS2. The minimum absolute atomic E-state index is 0.818. The van der Waals surface area contributed by atoms with Crippen LogP contribution in [0, 0.1) is 13.8 Å². The number of hydrogen-bond donors (Lipinski definition) is 0. The molecule has 1 fully saturated rings. The van der Waals surface area contributed by atoms with E-state index in [1.807, 2.05) is 0 Å². The van der Waals surface area contributed by atoms with Gasteiger partial charge in [-0.2, -0.15) is 23.5 Å². The van der Waals surface area contributed by atoms with Gasteiger partial charge in [0.05, 0.1) is 0 Å². The van der Waals surface area contributed by atoms with Crippen LogP contribution in [0.4, 0.5) is 0 Å². The van der Waals surface area contributed by atoms with E-state index >= 15 is 0 Å². The van der Waals surface area contributed by atoms with Crippen LogP contribution >= 0.6 is 23.5 Å². The van der Waals surface area contributed by atoms with Gasteiger partial charge in [0.25, 0.3) is 0 Å². The van der Waals surface area contributed by atoms with Crippen molar-refractivity contribution in [1.82, 2.24) is 4.57 Å². The minimum Gasteiger partial charge on any atom is -0.348 e. The van der Waals surface area contributed by atoms with Crippen molar-refractivity contribution in [2.24, 2.45) is 0 Å². The zero-order valence-electron chi connectivity index (χ0n) is 8.82. The lowest BCUT2D eigenvalue weighted by Gasteiger charge is -2.23. The fraction of sp³-hybridized carbons (Fsp3) is 0.636. The number of rotatable bonds is 2. The smallest absolute Gasteiger partial charge is 0.0351 e. The number of nitrogens with zero attached hydrogens (tertiary/aromatic N) is 1. The van der Waals surface area contributed by atoms with Crippen molar-refractivity contribution >= 4 is 23.5 Å². The summed E-state index contributed by atoms with van der Waals surface area (Å²) in [6.45, 7) is 5.60. The van der Waals surface area contributed by atoms with E-state index < -0.39 is 0 Å². The molecule has 1 aliphatic heterocycles. The Kier molecular flexibility index (Phi) is 3.50. The standard InChI is InChI=1S/C11H17NS2/c1-9-3-4-10(2)12(9)7-11-8-13-5-6-14-11/h3-4,11H,5-8H2,1-2H3. The molecule has 1 nitrogen and oxygen atoms in total. The first-order chi connectivity index (χ1) is 6.77. The van der Waals surface area contributed by atoms with Crippen molar-refractivity contribution in [3.63, 3.8) is 0 Å². The zero-order chi connectivity index (χ0) is 9.97. The molecule has 1 atom stereocenters. The van der Waals surface area contributed by atoms with Crippen LogP contribution in [-0.4, -0.2) is 27.1 Å². The van der Waals surface area contributed by atoms with Gasteiger partial charge in [-0.05, 0) is 26.0 Å². The Hall–Kier alpha value is -0.0200. The Labute approximate surface area is 94.6 Å². The maximum atomic E-state index is 2.45. The van der Waals surface area contributed by atoms with Gasteiger partial charge >= 0.3 is 0 Å². The summed E-state index contributed by atoms with van der Waals surface area (Å²) in [5.74, 6) is 3.99. The Balaban J connectivity index is 2.02. The summed E-state index contributed by atoms with van der Waals surface area (Å²) >= 11 is 4.24. The van der Waals surface area contributed by atoms with Crippen LogP contribution in [-0.2, 0) is 6.54 Å². The van der Waals surface area contributed by atoms with Gasteiger partial charge < -0.3 is 4.57 Å². The minimum atomic E-state index is 0.818. The molecule has 1 unspecified atom stereocenters. The number of thioether (sulfide) groups is 2. The Morgan fingerprint density at radius 1 is 1.29 bits per heavy atom. The molecule has 2 rings (SSSR count). The second-order valence-electron chi connectivity index (χ2n) is 3.79. The molecule has 0 N–H and O–H groups in total. The summed E-state index contributed by atoms with van der Waals surface area (Å²) < 4.78 is 2.45. The van der Waals surface area contributed by atoms with E-state index in [9.17, 15) is 0 Å². The van der Waals surface area contributed by atoms with Gasteiger partial charge in [-0.25, -0.2) is 0 Å². The fourth-order valence-corrected chi connectivity index (χ4v) is 4.49. The van der Waals surface area contributed by atoms with E-state index in [1.54, 1.807) is 0 Å². The summed E-state index contributed by atoms with van der Waals surface area (Å²) in [7, 11) is 0. The first-order valence-electron chi connectivity index (χ1n) is 5.09. The third-order valence-corrected chi connectivity index (χ3v) is 5.52. The Bertz CT molecular complexity index is 281. The first kappa shape index (κ1) is 10.5. The molecule has 0 saturated carbocycles. The highest BCUT2D eigenvalue weighted by molar-refractivity contribution is 8.06. The molecule has 1 aliphatic rings. The van der Waals surface area contributed by atoms with Crippen LogP contribution in [0.15, 0.2) is 12.1 Å². The van der Waals surface area contributed by atoms with Crippen LogP contribution in [0.3, 0.4) is 0 Å². The molecule has 14 heavy (non-hydrogen) atoms. The summed E-state index contributed by atoms with van der Waals surface area (Å²) in [5.41, 5.74) is 2.80. The van der Waals surface area contributed by atoms with E-state index in [1.165, 1.54) is 35.2 Å². The molecular weight excluding hydrogens is 210 g/mol. The Morgan fingerprint density at radius 2 is 2.00 bits per heavy atom. The van der Waals surface area contributed by atoms with Crippen molar-refractivity contribution in [2.45, 2.75) is 25.6 Å². The maximum absolute atomic E-state index is 2.45. The van der Waals surface area contributed by atoms with E-state index in [-0.39, 0.29) is 0 Å². The molecule has 1 aromatic heterocycles. The predicted molar refractivity (Wildman–Crippen MR) is 67.5 cm³/mol. The number of hydrogen-bond acceptors (Lipinski definition) is 2. The van der Waals surface area contributed by atoms with Crippen molar-refractivity contribution < 1.29 is 0 Å². The SMILES string of the molecule is Cc1ccc(C)n1CC1CSCCS1. The van der Waals surface area contributed by atoms with E-state index in [4.69, 9.17) is 0 Å². The molecule has 2 heterocycles. The molecule has 0 amide bonds. The first-order valence-corrected chi connectivity index (χ1v) is 7.30. The highest BCUT2D eigenvalue weighted by Crippen LogP contribution is 2.26. The van der Waals surface area contributed by atoms with Crippen LogP contribution in [0.25, 0.3) is 0 Å². The van der Waals surface area contributed by atoms with Crippen molar-refractivity contribution in [2.75, 3.05) is 17.3 Å². The van der Waals surface area contributed by atoms with Crippen molar-refractivity contribution in [3.05, 3.63) is 23.5 Å². The molecule has 78 valence electrons. The fourth-order valence-electron chi connectivity index (χ4n) is 1.83.